The standard InChI is InChI=1S/C10H7N3O2S/c14-9(15)8-3-2-7(6-13-8)16-10-11-4-1-5-12-10/h1-6H,(H,14,15). The number of nitrogens with zero attached hydrogens (tertiary/aromatic N) is 3. The third kappa shape index (κ3) is 2.54. The van der Waals surface area contributed by atoms with E-state index in [0.29, 0.717) is 5.16 Å². The third-order valence-corrected chi connectivity index (χ3v) is 2.58. The number of rotatable bonds is 3. The van der Waals surface area contributed by atoms with Crippen LogP contribution in [0.2, 0.25) is 0 Å². The van der Waals surface area contributed by atoms with Crippen molar-refractivity contribution in [2.45, 2.75) is 10.1 Å². The molecule has 2 aromatic rings. The number of carboxylic acids is 1. The summed E-state index contributed by atoms with van der Waals surface area (Å²) in [6.07, 6.45) is 4.78. The number of aromatic nitrogens is 3. The summed E-state index contributed by atoms with van der Waals surface area (Å²) in [6.45, 7) is 0. The molecule has 0 radical (unpaired) electrons. The molecule has 0 aliphatic heterocycles. The molecule has 0 fully saturated rings. The van der Waals surface area contributed by atoms with Gasteiger partial charge in [-0.2, -0.15) is 0 Å². The van der Waals surface area contributed by atoms with Crippen LogP contribution in [0.25, 0.3) is 0 Å². The predicted molar refractivity (Wildman–Crippen MR) is 57.4 cm³/mol. The maximum Gasteiger partial charge on any atom is 0.354 e. The summed E-state index contributed by atoms with van der Waals surface area (Å²) in [5, 5.41) is 9.28. The molecule has 1 N–H and O–H groups in total. The summed E-state index contributed by atoms with van der Waals surface area (Å²) in [5.74, 6) is -1.03. The largest absolute Gasteiger partial charge is 0.477 e. The molecule has 0 saturated heterocycles. The van der Waals surface area contributed by atoms with Crippen molar-refractivity contribution >= 4 is 17.7 Å². The Kier molecular flexibility index (Phi) is 3.11. The van der Waals surface area contributed by atoms with Gasteiger partial charge in [-0.3, -0.25) is 0 Å². The SMILES string of the molecule is O=C(O)c1ccc(Sc2ncccn2)cn1. The fourth-order valence-corrected chi connectivity index (χ4v) is 1.69. The van der Waals surface area contributed by atoms with Crippen LogP contribution in [0, 0.1) is 0 Å². The van der Waals surface area contributed by atoms with E-state index in [2.05, 4.69) is 15.0 Å². The molecule has 0 bridgehead atoms. The van der Waals surface area contributed by atoms with Gasteiger partial charge in [-0.05, 0) is 30.0 Å². The van der Waals surface area contributed by atoms with Crippen LogP contribution < -0.4 is 0 Å². The van der Waals surface area contributed by atoms with E-state index in [0.717, 1.165) is 4.90 Å². The molecule has 0 spiro atoms. The van der Waals surface area contributed by atoms with Crippen molar-refractivity contribution in [2.75, 3.05) is 0 Å². The fraction of sp³-hybridized carbons (Fsp3) is 0. The van der Waals surface area contributed by atoms with Crippen molar-refractivity contribution in [3.63, 3.8) is 0 Å². The van der Waals surface area contributed by atoms with E-state index in [-0.39, 0.29) is 5.69 Å². The van der Waals surface area contributed by atoms with Crippen LogP contribution in [0.5, 0.6) is 0 Å². The molecule has 0 aromatic carbocycles. The van der Waals surface area contributed by atoms with Gasteiger partial charge in [0.1, 0.15) is 5.69 Å². The summed E-state index contributed by atoms with van der Waals surface area (Å²) in [5.41, 5.74) is 0.0262. The molecule has 0 saturated carbocycles. The average molecular weight is 233 g/mol. The Balaban J connectivity index is 2.14. The van der Waals surface area contributed by atoms with Crippen molar-refractivity contribution in [1.82, 2.24) is 15.0 Å². The minimum absolute atomic E-state index is 0.0262. The number of carbonyl (C=O) groups is 1. The van der Waals surface area contributed by atoms with Gasteiger partial charge in [-0.25, -0.2) is 19.7 Å². The molecule has 0 unspecified atom stereocenters. The summed E-state index contributed by atoms with van der Waals surface area (Å²) in [6, 6.07) is 4.86. The molecule has 0 amide bonds. The van der Waals surface area contributed by atoms with E-state index in [1.807, 2.05) is 0 Å². The van der Waals surface area contributed by atoms with Crippen molar-refractivity contribution in [3.8, 4) is 0 Å². The van der Waals surface area contributed by atoms with Crippen LogP contribution >= 0.6 is 11.8 Å². The lowest BCUT2D eigenvalue weighted by molar-refractivity contribution is 0.0690. The summed E-state index contributed by atoms with van der Waals surface area (Å²) in [4.78, 5) is 23.3. The zero-order valence-corrected chi connectivity index (χ0v) is 8.89. The maximum atomic E-state index is 10.6. The van der Waals surface area contributed by atoms with Crippen molar-refractivity contribution in [1.29, 1.82) is 0 Å². The summed E-state index contributed by atoms with van der Waals surface area (Å²) < 4.78 is 0. The van der Waals surface area contributed by atoms with Gasteiger partial charge < -0.3 is 5.11 Å². The molecule has 0 atom stereocenters. The van der Waals surface area contributed by atoms with E-state index in [9.17, 15) is 4.79 Å². The van der Waals surface area contributed by atoms with Gasteiger partial charge in [-0.1, -0.05) is 0 Å². The van der Waals surface area contributed by atoms with Crippen LogP contribution in [-0.4, -0.2) is 26.0 Å². The van der Waals surface area contributed by atoms with Crippen LogP contribution in [0.1, 0.15) is 10.5 Å². The minimum atomic E-state index is -1.03. The second-order valence-electron chi connectivity index (χ2n) is 2.82. The quantitative estimate of drug-likeness (QED) is 0.813. The molecule has 2 aromatic heterocycles. The van der Waals surface area contributed by atoms with Crippen LogP contribution in [0.3, 0.4) is 0 Å². The molecule has 5 nitrogen and oxygen atoms in total. The first-order valence-corrected chi connectivity index (χ1v) is 5.21. The number of carboxylic acid groups (broad SMARTS) is 1. The molecular weight excluding hydrogens is 226 g/mol. The lowest BCUT2D eigenvalue weighted by Gasteiger charge is -1.99. The van der Waals surface area contributed by atoms with Gasteiger partial charge in [0.2, 0.25) is 0 Å². The highest BCUT2D eigenvalue weighted by atomic mass is 32.2. The summed E-state index contributed by atoms with van der Waals surface area (Å²) >= 11 is 1.33. The lowest BCUT2D eigenvalue weighted by Crippen LogP contribution is -1.98. The zero-order chi connectivity index (χ0) is 11.4. The molecule has 0 aliphatic carbocycles. The normalized spacial score (nSPS) is 10.0. The lowest BCUT2D eigenvalue weighted by atomic mass is 10.4. The highest BCUT2D eigenvalue weighted by Crippen LogP contribution is 2.22. The molecule has 2 heterocycles. The number of pyridine rings is 1. The Morgan fingerprint density at radius 2 is 1.94 bits per heavy atom. The molecular formula is C10H7N3O2S. The fourth-order valence-electron chi connectivity index (χ4n) is 1.01. The second-order valence-corrected chi connectivity index (χ2v) is 3.86. The van der Waals surface area contributed by atoms with E-state index in [1.54, 1.807) is 24.5 Å². The van der Waals surface area contributed by atoms with Crippen molar-refractivity contribution in [3.05, 3.63) is 42.5 Å². The second kappa shape index (κ2) is 4.71. The van der Waals surface area contributed by atoms with Crippen LogP contribution in [0.15, 0.2) is 46.8 Å². The van der Waals surface area contributed by atoms with Gasteiger partial charge >= 0.3 is 5.97 Å². The number of aromatic carboxylic acids is 1. The Hall–Kier alpha value is -1.95. The Bertz CT molecular complexity index is 487. The highest BCUT2D eigenvalue weighted by Gasteiger charge is 2.05. The van der Waals surface area contributed by atoms with Gasteiger partial charge in [0.05, 0.1) is 0 Å². The van der Waals surface area contributed by atoms with E-state index >= 15 is 0 Å². The first-order chi connectivity index (χ1) is 7.75. The highest BCUT2D eigenvalue weighted by molar-refractivity contribution is 7.99. The van der Waals surface area contributed by atoms with Gasteiger partial charge in [0, 0.05) is 23.5 Å². The van der Waals surface area contributed by atoms with E-state index in [1.165, 1.54) is 24.0 Å². The van der Waals surface area contributed by atoms with Gasteiger partial charge in [0.25, 0.3) is 0 Å². The Morgan fingerprint density at radius 1 is 1.19 bits per heavy atom. The summed E-state index contributed by atoms with van der Waals surface area (Å²) in [7, 11) is 0. The van der Waals surface area contributed by atoms with Crippen molar-refractivity contribution in [2.24, 2.45) is 0 Å². The Labute approximate surface area is 95.6 Å². The predicted octanol–water partition coefficient (Wildman–Crippen LogP) is 1.72. The molecule has 0 aliphatic rings. The van der Waals surface area contributed by atoms with Crippen LogP contribution in [0.4, 0.5) is 0 Å². The van der Waals surface area contributed by atoms with Gasteiger partial charge in [0.15, 0.2) is 5.16 Å². The Morgan fingerprint density at radius 3 is 2.50 bits per heavy atom. The van der Waals surface area contributed by atoms with Gasteiger partial charge in [-0.15, -0.1) is 0 Å². The molecule has 6 heteroatoms. The third-order valence-electron chi connectivity index (χ3n) is 1.71. The molecule has 80 valence electrons. The van der Waals surface area contributed by atoms with Crippen molar-refractivity contribution < 1.29 is 9.90 Å². The minimum Gasteiger partial charge on any atom is -0.477 e. The first-order valence-electron chi connectivity index (χ1n) is 4.40. The van der Waals surface area contributed by atoms with E-state index < -0.39 is 5.97 Å². The first kappa shape index (κ1) is 10.6. The number of hydrogen-bond acceptors (Lipinski definition) is 5. The topological polar surface area (TPSA) is 76.0 Å². The molecule has 16 heavy (non-hydrogen) atoms. The van der Waals surface area contributed by atoms with E-state index in [4.69, 9.17) is 5.11 Å². The average Bonchev–Trinajstić information content (AvgIpc) is 2.31. The smallest absolute Gasteiger partial charge is 0.354 e. The zero-order valence-electron chi connectivity index (χ0n) is 8.07. The monoisotopic (exact) mass is 233 g/mol. The molecule has 2 rings (SSSR count). The van der Waals surface area contributed by atoms with Crippen LogP contribution in [-0.2, 0) is 0 Å². The maximum absolute atomic E-state index is 10.6. The number of hydrogen-bond donors (Lipinski definition) is 1.